The van der Waals surface area contributed by atoms with Gasteiger partial charge in [0.2, 0.25) is 0 Å². The van der Waals surface area contributed by atoms with Crippen molar-refractivity contribution in [1.29, 1.82) is 0 Å². The molecule has 0 amide bonds. The van der Waals surface area contributed by atoms with Crippen molar-refractivity contribution in [2.24, 2.45) is 0 Å². The molecule has 0 saturated heterocycles. The number of nitrogens with zero attached hydrogens (tertiary/aromatic N) is 1. The van der Waals surface area contributed by atoms with E-state index in [4.69, 9.17) is 0 Å². The summed E-state index contributed by atoms with van der Waals surface area (Å²) in [6.45, 7) is 3.60. The number of nitrogens with one attached hydrogen (secondary N) is 1. The van der Waals surface area contributed by atoms with Crippen LogP contribution in [-0.4, -0.2) is 11.5 Å². The van der Waals surface area contributed by atoms with E-state index in [1.165, 1.54) is 0 Å². The summed E-state index contributed by atoms with van der Waals surface area (Å²) in [5.41, 5.74) is 2.36. The summed E-state index contributed by atoms with van der Waals surface area (Å²) in [4.78, 5) is 4.00. The predicted molar refractivity (Wildman–Crippen MR) is 67.0 cm³/mol. The first kappa shape index (κ1) is 11.7. The third-order valence-electron chi connectivity index (χ3n) is 2.59. The minimum absolute atomic E-state index is 0.201. The lowest BCUT2D eigenvalue weighted by atomic mass is 10.0. The van der Waals surface area contributed by atoms with E-state index in [9.17, 15) is 4.39 Å². The average Bonchev–Trinajstić information content (AvgIpc) is 2.37. The first-order valence-corrected chi connectivity index (χ1v) is 5.71. The molecule has 0 aliphatic rings. The summed E-state index contributed by atoms with van der Waals surface area (Å²) >= 11 is 0. The number of halogens is 1. The van der Waals surface area contributed by atoms with E-state index in [0.717, 1.165) is 17.7 Å². The average molecular weight is 230 g/mol. The summed E-state index contributed by atoms with van der Waals surface area (Å²) in [5, 5.41) is 3.17. The van der Waals surface area contributed by atoms with Crippen LogP contribution in [0, 0.1) is 5.82 Å². The molecule has 0 bridgehead atoms. The van der Waals surface area contributed by atoms with Crippen LogP contribution in [-0.2, 0) is 6.54 Å². The minimum Gasteiger partial charge on any atom is -0.313 e. The second-order valence-electron chi connectivity index (χ2n) is 3.84. The van der Waals surface area contributed by atoms with Gasteiger partial charge in [0.15, 0.2) is 0 Å². The van der Waals surface area contributed by atoms with Crippen LogP contribution < -0.4 is 5.32 Å². The van der Waals surface area contributed by atoms with Crippen LogP contribution in [0.4, 0.5) is 4.39 Å². The van der Waals surface area contributed by atoms with Gasteiger partial charge in [0.05, 0.1) is 0 Å². The molecule has 0 atom stereocenters. The fourth-order valence-corrected chi connectivity index (χ4v) is 1.69. The molecule has 2 aromatic rings. The molecule has 88 valence electrons. The Morgan fingerprint density at radius 1 is 1.29 bits per heavy atom. The van der Waals surface area contributed by atoms with Crippen LogP contribution in [0.15, 0.2) is 42.7 Å². The minimum atomic E-state index is -0.201. The fourth-order valence-electron chi connectivity index (χ4n) is 1.69. The lowest BCUT2D eigenvalue weighted by Crippen LogP contribution is -2.11. The van der Waals surface area contributed by atoms with Gasteiger partial charge in [-0.3, -0.25) is 4.98 Å². The van der Waals surface area contributed by atoms with Crippen LogP contribution in [0.2, 0.25) is 0 Å². The summed E-state index contributed by atoms with van der Waals surface area (Å²) in [7, 11) is 0. The van der Waals surface area contributed by atoms with Crippen molar-refractivity contribution in [3.8, 4) is 11.1 Å². The van der Waals surface area contributed by atoms with E-state index >= 15 is 0 Å². The highest BCUT2D eigenvalue weighted by molar-refractivity contribution is 5.63. The molecule has 3 heteroatoms. The Hall–Kier alpha value is -1.74. The van der Waals surface area contributed by atoms with Crippen molar-refractivity contribution in [2.75, 3.05) is 6.54 Å². The standard InChI is InChI=1S/C14H15FN2/c1-2-16-9-11-5-6-13(14(15)8-11)12-4-3-7-17-10-12/h3-8,10,16H,2,9H2,1H3. The Balaban J connectivity index is 2.26. The topological polar surface area (TPSA) is 24.9 Å². The molecular weight excluding hydrogens is 215 g/mol. The van der Waals surface area contributed by atoms with Crippen molar-refractivity contribution >= 4 is 0 Å². The van der Waals surface area contributed by atoms with Crippen molar-refractivity contribution in [2.45, 2.75) is 13.5 Å². The summed E-state index contributed by atoms with van der Waals surface area (Å²) in [6, 6.07) is 8.98. The Bertz CT molecular complexity index is 483. The van der Waals surface area contributed by atoms with Crippen molar-refractivity contribution < 1.29 is 4.39 Å². The van der Waals surface area contributed by atoms with Crippen LogP contribution >= 0.6 is 0 Å². The number of benzene rings is 1. The second-order valence-corrected chi connectivity index (χ2v) is 3.84. The number of hydrogen-bond donors (Lipinski definition) is 1. The van der Waals surface area contributed by atoms with Crippen LogP contribution in [0.25, 0.3) is 11.1 Å². The molecule has 0 aliphatic heterocycles. The Morgan fingerprint density at radius 2 is 2.18 bits per heavy atom. The molecule has 1 heterocycles. The van der Waals surface area contributed by atoms with Crippen molar-refractivity contribution in [3.63, 3.8) is 0 Å². The highest BCUT2D eigenvalue weighted by atomic mass is 19.1. The van der Waals surface area contributed by atoms with Gasteiger partial charge in [-0.1, -0.05) is 25.1 Å². The molecular formula is C14H15FN2. The normalized spacial score (nSPS) is 10.5. The van der Waals surface area contributed by atoms with Crippen molar-refractivity contribution in [3.05, 3.63) is 54.1 Å². The van der Waals surface area contributed by atoms with Gasteiger partial charge in [-0.05, 0) is 24.2 Å². The highest BCUT2D eigenvalue weighted by Crippen LogP contribution is 2.22. The zero-order chi connectivity index (χ0) is 12.1. The molecule has 1 aromatic heterocycles. The zero-order valence-corrected chi connectivity index (χ0v) is 9.78. The Kier molecular flexibility index (Phi) is 3.83. The predicted octanol–water partition coefficient (Wildman–Crippen LogP) is 3.00. The smallest absolute Gasteiger partial charge is 0.131 e. The number of aromatic nitrogens is 1. The molecule has 0 unspecified atom stereocenters. The van der Waals surface area contributed by atoms with E-state index < -0.39 is 0 Å². The monoisotopic (exact) mass is 230 g/mol. The quantitative estimate of drug-likeness (QED) is 0.873. The van der Waals surface area contributed by atoms with Gasteiger partial charge in [-0.25, -0.2) is 4.39 Å². The maximum absolute atomic E-state index is 13.9. The summed E-state index contributed by atoms with van der Waals surface area (Å²) in [5.74, 6) is -0.201. The SMILES string of the molecule is CCNCc1ccc(-c2cccnc2)c(F)c1. The van der Waals surface area contributed by atoms with Gasteiger partial charge in [0.1, 0.15) is 5.82 Å². The maximum Gasteiger partial charge on any atom is 0.131 e. The molecule has 0 aliphatic carbocycles. The highest BCUT2D eigenvalue weighted by Gasteiger charge is 2.05. The van der Waals surface area contributed by atoms with Gasteiger partial charge < -0.3 is 5.32 Å². The first-order valence-electron chi connectivity index (χ1n) is 5.71. The van der Waals surface area contributed by atoms with E-state index in [2.05, 4.69) is 10.3 Å². The number of hydrogen-bond acceptors (Lipinski definition) is 2. The number of pyridine rings is 1. The molecule has 0 saturated carbocycles. The molecule has 0 spiro atoms. The van der Waals surface area contributed by atoms with E-state index in [-0.39, 0.29) is 5.82 Å². The fraction of sp³-hybridized carbons (Fsp3) is 0.214. The lowest BCUT2D eigenvalue weighted by Gasteiger charge is -2.06. The second kappa shape index (κ2) is 5.55. The van der Waals surface area contributed by atoms with Gasteiger partial charge in [-0.15, -0.1) is 0 Å². The summed E-state index contributed by atoms with van der Waals surface area (Å²) in [6.07, 6.45) is 3.35. The Morgan fingerprint density at radius 3 is 2.82 bits per heavy atom. The third-order valence-corrected chi connectivity index (χ3v) is 2.59. The third kappa shape index (κ3) is 2.88. The van der Waals surface area contributed by atoms with Crippen LogP contribution in [0.3, 0.4) is 0 Å². The van der Waals surface area contributed by atoms with E-state index in [0.29, 0.717) is 12.1 Å². The van der Waals surface area contributed by atoms with Crippen LogP contribution in [0.5, 0.6) is 0 Å². The van der Waals surface area contributed by atoms with E-state index in [1.807, 2.05) is 19.1 Å². The molecule has 0 fully saturated rings. The zero-order valence-electron chi connectivity index (χ0n) is 9.78. The van der Waals surface area contributed by atoms with Crippen LogP contribution in [0.1, 0.15) is 12.5 Å². The van der Waals surface area contributed by atoms with Gasteiger partial charge in [-0.2, -0.15) is 0 Å². The molecule has 0 radical (unpaired) electrons. The molecule has 2 nitrogen and oxygen atoms in total. The maximum atomic E-state index is 13.9. The van der Waals surface area contributed by atoms with Gasteiger partial charge >= 0.3 is 0 Å². The van der Waals surface area contributed by atoms with Gasteiger partial charge in [0, 0.05) is 30.1 Å². The van der Waals surface area contributed by atoms with Crippen molar-refractivity contribution in [1.82, 2.24) is 10.3 Å². The first-order chi connectivity index (χ1) is 8.31. The number of rotatable bonds is 4. The Labute approximate surface area is 101 Å². The largest absolute Gasteiger partial charge is 0.313 e. The molecule has 1 N–H and O–H groups in total. The summed E-state index contributed by atoms with van der Waals surface area (Å²) < 4.78 is 13.9. The van der Waals surface area contributed by atoms with E-state index in [1.54, 1.807) is 30.6 Å². The molecule has 1 aromatic carbocycles. The lowest BCUT2D eigenvalue weighted by molar-refractivity contribution is 0.625. The molecule has 2 rings (SSSR count). The molecule has 17 heavy (non-hydrogen) atoms. The van der Waals surface area contributed by atoms with Gasteiger partial charge in [0.25, 0.3) is 0 Å².